The van der Waals surface area contributed by atoms with Crippen molar-refractivity contribution < 1.29 is 9.26 Å². The Hall–Kier alpha value is -3.66. The zero-order valence-corrected chi connectivity index (χ0v) is 23.7. The first kappa shape index (κ1) is 26.0. The van der Waals surface area contributed by atoms with Gasteiger partial charge in [0.25, 0.3) is 0 Å². The smallest absolute Gasteiger partial charge is 0.166 e. The van der Waals surface area contributed by atoms with Crippen molar-refractivity contribution in [3.63, 3.8) is 0 Å². The number of aliphatic imine (C=N–C) groups is 1. The summed E-state index contributed by atoms with van der Waals surface area (Å²) in [5.41, 5.74) is 5.32. The summed E-state index contributed by atoms with van der Waals surface area (Å²) in [6, 6.07) is 34.3. The molecule has 4 nitrogen and oxygen atoms in total. The van der Waals surface area contributed by atoms with E-state index in [1.54, 1.807) is 7.11 Å². The van der Waals surface area contributed by atoms with Crippen LogP contribution in [0.25, 0.3) is 0 Å². The number of nitrogens with zero attached hydrogens (tertiary/aromatic N) is 2. The number of hydrogen-bond donors (Lipinski definition) is 0. The van der Waals surface area contributed by atoms with Crippen LogP contribution in [0.3, 0.4) is 0 Å². The average Bonchev–Trinajstić information content (AvgIpc) is 3.14. The predicted octanol–water partition coefficient (Wildman–Crippen LogP) is 7.81. The number of benzene rings is 4. The number of likely N-dealkylation sites (N-methyl/N-ethyl adjacent to an activating group) is 1. The molecule has 0 fully saturated rings. The third-order valence-electron chi connectivity index (χ3n) is 6.91. The van der Waals surface area contributed by atoms with Crippen LogP contribution < -0.4 is 19.5 Å². The molecule has 6 heteroatoms. The zero-order chi connectivity index (χ0) is 26.8. The number of rotatable bonds is 7. The van der Waals surface area contributed by atoms with Gasteiger partial charge in [-0.2, -0.15) is 0 Å². The summed E-state index contributed by atoms with van der Waals surface area (Å²) >= 11 is 6.37. The molecule has 1 aliphatic rings. The third kappa shape index (κ3) is 5.18. The molecule has 0 amide bonds. The fourth-order valence-corrected chi connectivity index (χ4v) is 7.84. The van der Waals surface area contributed by atoms with Crippen LogP contribution in [0, 0.1) is 0 Å². The van der Waals surface area contributed by atoms with Gasteiger partial charge in [0.1, 0.15) is 11.5 Å². The van der Waals surface area contributed by atoms with Crippen LogP contribution in [0.1, 0.15) is 25.0 Å². The van der Waals surface area contributed by atoms with E-state index in [0.29, 0.717) is 0 Å². The second-order valence-electron chi connectivity index (χ2n) is 9.76. The highest BCUT2D eigenvalue weighted by atomic mass is 32.4. The second kappa shape index (κ2) is 10.6. The van der Waals surface area contributed by atoms with Gasteiger partial charge in [-0.15, -0.1) is 0 Å². The zero-order valence-electron chi connectivity index (χ0n) is 22.0. The van der Waals surface area contributed by atoms with E-state index < -0.39 is 6.26 Å². The number of para-hydroxylation sites is 1. The Bertz CT molecular complexity index is 1530. The Kier molecular flexibility index (Phi) is 7.25. The van der Waals surface area contributed by atoms with E-state index in [0.717, 1.165) is 33.8 Å². The molecule has 0 N–H and O–H groups in total. The van der Waals surface area contributed by atoms with Gasteiger partial charge in [0.05, 0.1) is 12.8 Å². The number of methoxy groups -OCH3 is 1. The van der Waals surface area contributed by atoms with E-state index in [-0.39, 0.29) is 5.41 Å². The van der Waals surface area contributed by atoms with Crippen LogP contribution in [-0.2, 0) is 17.2 Å². The fourth-order valence-electron chi connectivity index (χ4n) is 4.77. The molecule has 1 aliphatic heterocycles. The van der Waals surface area contributed by atoms with Gasteiger partial charge in [0, 0.05) is 41.2 Å². The van der Waals surface area contributed by atoms with Gasteiger partial charge >= 0.3 is 0 Å². The van der Waals surface area contributed by atoms with Gasteiger partial charge in [-0.05, 0) is 77.5 Å². The summed E-state index contributed by atoms with van der Waals surface area (Å²) in [6.45, 7) is 4.51. The molecule has 1 heterocycles. The molecule has 0 radical (unpaired) electrons. The first-order chi connectivity index (χ1) is 18.3. The van der Waals surface area contributed by atoms with Crippen LogP contribution in [0.4, 0.5) is 11.4 Å². The van der Waals surface area contributed by atoms with Gasteiger partial charge < -0.3 is 14.2 Å². The van der Waals surface area contributed by atoms with Crippen molar-refractivity contribution in [1.82, 2.24) is 0 Å². The molecule has 0 aliphatic carbocycles. The predicted molar refractivity (Wildman–Crippen MR) is 164 cm³/mol. The highest BCUT2D eigenvalue weighted by Gasteiger charge is 2.40. The molecule has 4 aromatic rings. The monoisotopic (exact) mass is 538 g/mol. The van der Waals surface area contributed by atoms with E-state index in [4.69, 9.17) is 21.1 Å². The Morgan fingerprint density at radius 1 is 0.816 bits per heavy atom. The summed E-state index contributed by atoms with van der Waals surface area (Å²) < 4.78 is 11.9. The van der Waals surface area contributed by atoms with E-state index in [1.807, 2.05) is 72.9 Å². The van der Waals surface area contributed by atoms with Crippen molar-refractivity contribution in [3.05, 3.63) is 126 Å². The molecule has 5 rings (SSSR count). The third-order valence-corrected chi connectivity index (χ3v) is 10.2. The summed E-state index contributed by atoms with van der Waals surface area (Å²) in [4.78, 5) is 6.82. The Balaban J connectivity index is 1.45. The SMILES string of the molecule is COc1ccc(N=Cc2ccc(OP(=S)(/C=C3/N(C)c4ccccc4C3(C)C)c3ccccc3)cc2)cc1. The van der Waals surface area contributed by atoms with Gasteiger partial charge in [0.15, 0.2) is 6.26 Å². The molecule has 0 spiro atoms. The number of hydrogen-bond acceptors (Lipinski definition) is 5. The van der Waals surface area contributed by atoms with Crippen LogP contribution in [0.2, 0.25) is 0 Å². The lowest BCUT2D eigenvalue weighted by Crippen LogP contribution is -2.24. The van der Waals surface area contributed by atoms with Gasteiger partial charge in [-0.1, -0.05) is 62.4 Å². The lowest BCUT2D eigenvalue weighted by atomic mass is 9.84. The maximum absolute atomic E-state index is 6.70. The molecule has 0 aromatic heterocycles. The molecular weight excluding hydrogens is 507 g/mol. The highest BCUT2D eigenvalue weighted by molar-refractivity contribution is 8.17. The van der Waals surface area contributed by atoms with Crippen molar-refractivity contribution in [2.24, 2.45) is 4.99 Å². The lowest BCUT2D eigenvalue weighted by molar-refractivity contribution is 0.415. The second-order valence-corrected chi connectivity index (χ2v) is 13.5. The summed E-state index contributed by atoms with van der Waals surface area (Å²) in [6.07, 6.45) is -0.749. The normalized spacial score (nSPS) is 16.8. The number of anilines is 1. The lowest BCUT2D eigenvalue weighted by Gasteiger charge is -2.28. The Morgan fingerprint density at radius 3 is 2.11 bits per heavy atom. The van der Waals surface area contributed by atoms with E-state index in [2.05, 4.69) is 73.0 Å². The standard InChI is InChI=1S/C32H31N2O2PS/c1-32(2)29-12-8-9-13-30(29)34(3)31(32)23-37(38,28-10-6-5-7-11-28)36-27-18-14-24(15-19-27)22-33-25-16-20-26(35-4)21-17-25/h5-23H,1-4H3/b31-23+,33-22?. The van der Waals surface area contributed by atoms with Crippen LogP contribution in [-0.4, -0.2) is 20.4 Å². The molecule has 1 unspecified atom stereocenters. The molecule has 0 bridgehead atoms. The largest absolute Gasteiger partial charge is 0.497 e. The molecule has 38 heavy (non-hydrogen) atoms. The van der Waals surface area contributed by atoms with E-state index >= 15 is 0 Å². The number of fused-ring (bicyclic) bond motifs is 1. The van der Waals surface area contributed by atoms with Crippen molar-refractivity contribution in [1.29, 1.82) is 0 Å². The van der Waals surface area contributed by atoms with Crippen LogP contribution in [0.15, 0.2) is 120 Å². The molecule has 4 aromatic carbocycles. The van der Waals surface area contributed by atoms with Crippen molar-refractivity contribution in [2.45, 2.75) is 19.3 Å². The first-order valence-electron chi connectivity index (χ1n) is 12.5. The topological polar surface area (TPSA) is 34.1 Å². The summed E-state index contributed by atoms with van der Waals surface area (Å²) in [7, 11) is 3.77. The van der Waals surface area contributed by atoms with E-state index in [1.165, 1.54) is 11.3 Å². The van der Waals surface area contributed by atoms with E-state index in [9.17, 15) is 0 Å². The maximum Gasteiger partial charge on any atom is 0.166 e. The summed E-state index contributed by atoms with van der Waals surface area (Å²) in [5.74, 6) is 3.76. The molecule has 0 saturated heterocycles. The Labute approximate surface area is 230 Å². The molecule has 0 saturated carbocycles. The van der Waals surface area contributed by atoms with Crippen LogP contribution >= 0.6 is 6.26 Å². The highest BCUT2D eigenvalue weighted by Crippen LogP contribution is 2.55. The van der Waals surface area contributed by atoms with Gasteiger partial charge in [-0.3, -0.25) is 4.99 Å². The number of ether oxygens (including phenoxy) is 1. The Morgan fingerprint density at radius 2 is 1.45 bits per heavy atom. The van der Waals surface area contributed by atoms with Crippen molar-refractivity contribution >= 4 is 41.0 Å². The molecular formula is C32H31N2O2PS. The maximum atomic E-state index is 6.70. The average molecular weight is 539 g/mol. The minimum Gasteiger partial charge on any atom is -0.497 e. The van der Waals surface area contributed by atoms with Crippen molar-refractivity contribution in [3.8, 4) is 11.5 Å². The number of allylic oxidation sites excluding steroid dienone is 1. The van der Waals surface area contributed by atoms with Crippen LogP contribution in [0.5, 0.6) is 11.5 Å². The minimum atomic E-state index is -2.59. The summed E-state index contributed by atoms with van der Waals surface area (Å²) in [5, 5.41) is 1.02. The molecule has 1 atom stereocenters. The van der Waals surface area contributed by atoms with Gasteiger partial charge in [-0.25, -0.2) is 0 Å². The molecule has 192 valence electrons. The van der Waals surface area contributed by atoms with Crippen molar-refractivity contribution in [2.75, 3.05) is 19.1 Å². The fraction of sp³-hybridized carbons (Fsp3) is 0.156. The van der Waals surface area contributed by atoms with Gasteiger partial charge in [0.2, 0.25) is 0 Å². The quantitative estimate of drug-likeness (QED) is 0.178. The first-order valence-corrected chi connectivity index (χ1v) is 15.3. The minimum absolute atomic E-state index is 0.185.